The predicted molar refractivity (Wildman–Crippen MR) is 114 cm³/mol. The number of hydrogen-bond acceptors (Lipinski definition) is 3. The Bertz CT molecular complexity index is 729. The predicted octanol–water partition coefficient (Wildman–Crippen LogP) is 4.71. The minimum atomic E-state index is -1.93. The van der Waals surface area contributed by atoms with Crippen LogP contribution in [0, 0.1) is 41.4 Å². The van der Waals surface area contributed by atoms with E-state index in [1.807, 2.05) is 6.08 Å². The van der Waals surface area contributed by atoms with Gasteiger partial charge in [-0.25, -0.2) is 0 Å². The highest BCUT2D eigenvalue weighted by Gasteiger charge is 2.68. The highest BCUT2D eigenvalue weighted by atomic mass is 28.4. The number of fused-ring (bicyclic) bond motifs is 5. The average molecular weight is 401 g/mol. The van der Waals surface area contributed by atoms with Gasteiger partial charge in [-0.15, -0.1) is 6.42 Å². The number of hydrogen-bond donors (Lipinski definition) is 1. The molecule has 7 atom stereocenters. The zero-order valence-corrected chi connectivity index (χ0v) is 19.0. The molecule has 0 bridgehead atoms. The summed E-state index contributed by atoms with van der Waals surface area (Å²) in [7, 11) is -1.93. The van der Waals surface area contributed by atoms with Gasteiger partial charge < -0.3 is 9.53 Å². The van der Waals surface area contributed by atoms with Crippen LogP contribution in [0.2, 0.25) is 19.6 Å². The van der Waals surface area contributed by atoms with E-state index in [9.17, 15) is 9.90 Å². The van der Waals surface area contributed by atoms with E-state index >= 15 is 0 Å². The summed E-state index contributed by atoms with van der Waals surface area (Å²) in [6.45, 7) is 8.78. The van der Waals surface area contributed by atoms with Crippen molar-refractivity contribution >= 4 is 14.1 Å². The SMILES string of the molecule is C#CC1(O[Si](C)(C)C)C(O)CC2C3CCC4=CC(=O)CCC4C3CCC21CC. The fourth-order valence-electron chi connectivity index (χ4n) is 7.62. The molecule has 154 valence electrons. The maximum atomic E-state index is 11.9. The van der Waals surface area contributed by atoms with Crippen LogP contribution < -0.4 is 0 Å². The molecule has 4 aliphatic carbocycles. The van der Waals surface area contributed by atoms with Crippen LogP contribution in [0.5, 0.6) is 0 Å². The number of aliphatic hydroxyl groups excluding tert-OH is 1. The van der Waals surface area contributed by atoms with E-state index < -0.39 is 20.0 Å². The first-order valence-corrected chi connectivity index (χ1v) is 14.7. The van der Waals surface area contributed by atoms with Crippen molar-refractivity contribution in [3.05, 3.63) is 11.6 Å². The largest absolute Gasteiger partial charge is 0.399 e. The van der Waals surface area contributed by atoms with Crippen molar-refractivity contribution in [3.63, 3.8) is 0 Å². The maximum absolute atomic E-state index is 11.9. The van der Waals surface area contributed by atoms with Gasteiger partial charge in [0, 0.05) is 11.8 Å². The van der Waals surface area contributed by atoms with E-state index in [1.165, 1.54) is 5.57 Å². The molecule has 1 N–H and O–H groups in total. The van der Waals surface area contributed by atoms with Gasteiger partial charge in [0.1, 0.15) is 5.60 Å². The summed E-state index contributed by atoms with van der Waals surface area (Å²) >= 11 is 0. The van der Waals surface area contributed by atoms with E-state index in [1.54, 1.807) is 0 Å². The van der Waals surface area contributed by atoms with Crippen LogP contribution in [0.25, 0.3) is 0 Å². The molecule has 3 nitrogen and oxygen atoms in total. The van der Waals surface area contributed by atoms with Crippen molar-refractivity contribution < 1.29 is 14.3 Å². The van der Waals surface area contributed by atoms with Gasteiger partial charge in [-0.1, -0.05) is 18.4 Å². The van der Waals surface area contributed by atoms with Crippen molar-refractivity contribution in [2.45, 2.75) is 89.6 Å². The molecule has 0 heterocycles. The Morgan fingerprint density at radius 3 is 2.64 bits per heavy atom. The zero-order chi connectivity index (χ0) is 20.3. The number of carbonyl (C=O) groups is 1. The summed E-state index contributed by atoms with van der Waals surface area (Å²) in [5.74, 6) is 5.59. The molecule has 0 aliphatic heterocycles. The number of allylic oxidation sites excluding steroid dienone is 1. The third-order valence-electron chi connectivity index (χ3n) is 8.51. The van der Waals surface area contributed by atoms with Crippen molar-refractivity contribution in [3.8, 4) is 12.3 Å². The molecule has 4 aliphatic rings. The second kappa shape index (κ2) is 6.82. The molecule has 4 rings (SSSR count). The Balaban J connectivity index is 1.71. The maximum Gasteiger partial charge on any atom is 0.185 e. The van der Waals surface area contributed by atoms with Crippen LogP contribution >= 0.6 is 0 Å². The summed E-state index contributed by atoms with van der Waals surface area (Å²) < 4.78 is 6.71. The standard InChI is InChI=1S/C24H36O3Si/c1-6-23-13-12-19-18-11-9-17(25)14-16(18)8-10-20(19)21(23)15-22(26)24(23,7-2)27-28(3,4)5/h2,14,18-22,26H,6,8-13,15H2,1,3-5H3. The van der Waals surface area contributed by atoms with E-state index in [0.717, 1.165) is 44.9 Å². The molecule has 0 radical (unpaired) electrons. The molecule has 0 aromatic rings. The zero-order valence-electron chi connectivity index (χ0n) is 18.0. The normalized spacial score (nSPS) is 45.5. The average Bonchev–Trinajstić information content (AvgIpc) is 2.88. The van der Waals surface area contributed by atoms with Crippen molar-refractivity contribution in [1.82, 2.24) is 0 Å². The van der Waals surface area contributed by atoms with Crippen molar-refractivity contribution in [2.75, 3.05) is 0 Å². The Kier molecular flexibility index (Phi) is 4.97. The van der Waals surface area contributed by atoms with E-state index in [4.69, 9.17) is 10.8 Å². The third-order valence-corrected chi connectivity index (χ3v) is 9.44. The molecular formula is C24H36O3Si. The van der Waals surface area contributed by atoms with E-state index in [2.05, 4.69) is 32.5 Å². The first-order valence-electron chi connectivity index (χ1n) is 11.3. The van der Waals surface area contributed by atoms with Crippen LogP contribution in [-0.2, 0) is 9.22 Å². The van der Waals surface area contributed by atoms with Gasteiger partial charge in [0.05, 0.1) is 6.10 Å². The minimum absolute atomic E-state index is 0.117. The van der Waals surface area contributed by atoms with E-state index in [0.29, 0.717) is 35.9 Å². The molecule has 4 heteroatoms. The molecule has 28 heavy (non-hydrogen) atoms. The molecular weight excluding hydrogens is 364 g/mol. The summed E-state index contributed by atoms with van der Waals surface area (Å²) in [4.78, 5) is 11.9. The first kappa shape index (κ1) is 20.4. The summed E-state index contributed by atoms with van der Waals surface area (Å²) in [6.07, 6.45) is 15.4. The van der Waals surface area contributed by atoms with Gasteiger partial charge in [-0.05, 0) is 94.3 Å². The third kappa shape index (κ3) is 2.81. The van der Waals surface area contributed by atoms with Gasteiger partial charge in [-0.2, -0.15) is 0 Å². The second-order valence-electron chi connectivity index (χ2n) is 10.7. The lowest BCUT2D eigenvalue weighted by atomic mass is 9.49. The quantitative estimate of drug-likeness (QED) is 0.551. The highest BCUT2D eigenvalue weighted by Crippen LogP contribution is 2.67. The smallest absolute Gasteiger partial charge is 0.185 e. The van der Waals surface area contributed by atoms with Crippen LogP contribution in [0.3, 0.4) is 0 Å². The minimum Gasteiger partial charge on any atom is -0.399 e. The van der Waals surface area contributed by atoms with Crippen LogP contribution in [0.1, 0.15) is 58.3 Å². The van der Waals surface area contributed by atoms with Gasteiger partial charge in [0.15, 0.2) is 14.1 Å². The number of ketones is 1. The number of carbonyl (C=O) groups excluding carboxylic acids is 1. The van der Waals surface area contributed by atoms with Crippen LogP contribution in [0.15, 0.2) is 11.6 Å². The van der Waals surface area contributed by atoms with Crippen LogP contribution in [0.4, 0.5) is 0 Å². The Labute approximate surface area is 171 Å². The van der Waals surface area contributed by atoms with Crippen molar-refractivity contribution in [1.29, 1.82) is 0 Å². The van der Waals surface area contributed by atoms with Crippen LogP contribution in [-0.4, -0.2) is 30.9 Å². The molecule has 0 aromatic carbocycles. The molecule has 7 unspecified atom stereocenters. The second-order valence-corrected chi connectivity index (χ2v) is 15.1. The summed E-state index contributed by atoms with van der Waals surface area (Å²) in [6, 6.07) is 0. The fourth-order valence-corrected chi connectivity index (χ4v) is 8.98. The summed E-state index contributed by atoms with van der Waals surface area (Å²) in [5, 5.41) is 11.3. The molecule has 0 saturated heterocycles. The Hall–Kier alpha value is -0.893. The summed E-state index contributed by atoms with van der Waals surface area (Å²) in [5.41, 5.74) is 0.455. The lowest BCUT2D eigenvalue weighted by molar-refractivity contribution is -0.119. The number of aliphatic hydroxyl groups is 1. The van der Waals surface area contributed by atoms with Crippen molar-refractivity contribution in [2.24, 2.45) is 29.1 Å². The van der Waals surface area contributed by atoms with Gasteiger partial charge in [-0.3, -0.25) is 4.79 Å². The van der Waals surface area contributed by atoms with Gasteiger partial charge in [0.25, 0.3) is 0 Å². The highest BCUT2D eigenvalue weighted by molar-refractivity contribution is 6.69. The molecule has 0 aromatic heterocycles. The Morgan fingerprint density at radius 1 is 1.25 bits per heavy atom. The fraction of sp³-hybridized carbons (Fsp3) is 0.792. The number of rotatable bonds is 3. The molecule has 0 spiro atoms. The van der Waals surface area contributed by atoms with Gasteiger partial charge in [0.2, 0.25) is 0 Å². The lowest BCUT2D eigenvalue weighted by Gasteiger charge is -2.57. The monoisotopic (exact) mass is 400 g/mol. The molecule has 3 saturated carbocycles. The molecule has 0 amide bonds. The van der Waals surface area contributed by atoms with Gasteiger partial charge >= 0.3 is 0 Å². The molecule has 3 fully saturated rings. The topological polar surface area (TPSA) is 46.5 Å². The number of terminal acetylenes is 1. The Morgan fingerprint density at radius 2 is 2.00 bits per heavy atom. The first-order chi connectivity index (χ1) is 13.2. The van der Waals surface area contributed by atoms with E-state index in [-0.39, 0.29) is 5.41 Å². The lowest BCUT2D eigenvalue weighted by Crippen LogP contribution is -2.60.